The van der Waals surface area contributed by atoms with E-state index in [0.717, 1.165) is 6.07 Å². The van der Waals surface area contributed by atoms with Gasteiger partial charge in [-0.05, 0) is 29.6 Å². The third-order valence-electron chi connectivity index (χ3n) is 3.79. The van der Waals surface area contributed by atoms with Crippen LogP contribution in [0, 0.1) is 0 Å². The zero-order valence-corrected chi connectivity index (χ0v) is 16.1. The van der Waals surface area contributed by atoms with Crippen LogP contribution in [0.5, 0.6) is 0 Å². The van der Waals surface area contributed by atoms with Gasteiger partial charge >= 0.3 is 6.18 Å². The van der Waals surface area contributed by atoms with E-state index in [4.69, 9.17) is 34.8 Å². The van der Waals surface area contributed by atoms with Gasteiger partial charge in [0.25, 0.3) is 0 Å². The Balaban J connectivity index is 2.02. The summed E-state index contributed by atoms with van der Waals surface area (Å²) < 4.78 is 41.6. The molecule has 0 aliphatic carbocycles. The van der Waals surface area contributed by atoms with Crippen molar-refractivity contribution in [2.45, 2.75) is 6.18 Å². The maximum Gasteiger partial charge on any atom is 0.433 e. The molecule has 0 amide bonds. The van der Waals surface area contributed by atoms with Gasteiger partial charge in [-0.2, -0.15) is 18.3 Å². The van der Waals surface area contributed by atoms with Gasteiger partial charge in [-0.15, -0.1) is 11.3 Å². The number of alkyl halides is 3. The summed E-state index contributed by atoms with van der Waals surface area (Å²) in [5.74, 6) is 0. The van der Waals surface area contributed by atoms with Gasteiger partial charge in [0.1, 0.15) is 10.7 Å². The molecule has 1 aromatic carbocycles. The Morgan fingerprint density at radius 2 is 1.78 bits per heavy atom. The first-order chi connectivity index (χ1) is 12.8. The molecule has 0 radical (unpaired) electrons. The van der Waals surface area contributed by atoms with Crippen molar-refractivity contribution in [1.29, 1.82) is 0 Å². The molecular weight excluding hydrogens is 442 g/mol. The molecular formula is C17H7Cl3F3N3S. The van der Waals surface area contributed by atoms with Crippen LogP contribution in [0.2, 0.25) is 15.1 Å². The second kappa shape index (κ2) is 6.67. The predicted molar refractivity (Wildman–Crippen MR) is 102 cm³/mol. The minimum atomic E-state index is -4.64. The van der Waals surface area contributed by atoms with Crippen molar-refractivity contribution < 1.29 is 13.2 Å². The highest BCUT2D eigenvalue weighted by Gasteiger charge is 2.36. The molecule has 4 rings (SSSR count). The molecule has 0 saturated carbocycles. The number of hydrogen-bond acceptors (Lipinski definition) is 3. The average Bonchev–Trinajstić information content (AvgIpc) is 3.24. The first kappa shape index (κ1) is 18.6. The van der Waals surface area contributed by atoms with Gasteiger partial charge in [0.05, 0.1) is 20.6 Å². The quantitative estimate of drug-likeness (QED) is 0.327. The second-order valence-electron chi connectivity index (χ2n) is 5.53. The standard InChI is InChI=1S/C17H7Cl3F3N3S/c18-9-4-3-8(6-10(9)19)15-14(20)16-24-11(12-2-1-5-27-12)7-13(17(21,22)23)26(16)25-15/h1-7H. The average molecular weight is 449 g/mol. The molecule has 0 aliphatic rings. The molecule has 10 heteroatoms. The molecule has 0 bridgehead atoms. The maximum atomic E-state index is 13.6. The minimum absolute atomic E-state index is 0.00250. The molecule has 3 heterocycles. The Morgan fingerprint density at radius 1 is 1.00 bits per heavy atom. The first-order valence-electron chi connectivity index (χ1n) is 7.41. The normalized spacial score (nSPS) is 12.1. The summed E-state index contributed by atoms with van der Waals surface area (Å²) in [5, 5.41) is 6.36. The fourth-order valence-corrected chi connectivity index (χ4v) is 3.83. The molecule has 138 valence electrons. The topological polar surface area (TPSA) is 30.2 Å². The molecule has 27 heavy (non-hydrogen) atoms. The lowest BCUT2D eigenvalue weighted by atomic mass is 10.1. The van der Waals surface area contributed by atoms with Crippen LogP contribution in [0.1, 0.15) is 5.69 Å². The lowest BCUT2D eigenvalue weighted by molar-refractivity contribution is -0.142. The Labute approximate surface area is 169 Å². The van der Waals surface area contributed by atoms with E-state index in [1.165, 1.54) is 23.5 Å². The summed E-state index contributed by atoms with van der Waals surface area (Å²) in [5.41, 5.74) is -0.311. The molecule has 0 aliphatic heterocycles. The molecule has 0 unspecified atom stereocenters. The maximum absolute atomic E-state index is 13.6. The molecule has 0 spiro atoms. The smallest absolute Gasteiger partial charge is 0.226 e. The van der Waals surface area contributed by atoms with Crippen LogP contribution >= 0.6 is 46.1 Å². The number of hydrogen-bond donors (Lipinski definition) is 0. The van der Waals surface area contributed by atoms with E-state index >= 15 is 0 Å². The van der Waals surface area contributed by atoms with E-state index in [1.807, 2.05) is 0 Å². The van der Waals surface area contributed by atoms with Gasteiger partial charge in [-0.25, -0.2) is 9.50 Å². The van der Waals surface area contributed by atoms with Crippen LogP contribution in [-0.2, 0) is 6.18 Å². The predicted octanol–water partition coefficient (Wildman–Crippen LogP) is 7.10. The minimum Gasteiger partial charge on any atom is -0.226 e. The number of nitrogens with zero attached hydrogens (tertiary/aromatic N) is 3. The van der Waals surface area contributed by atoms with Gasteiger partial charge in [0, 0.05) is 5.56 Å². The number of thiophene rings is 1. The number of fused-ring (bicyclic) bond motifs is 1. The summed E-state index contributed by atoms with van der Waals surface area (Å²) in [4.78, 5) is 4.89. The van der Waals surface area contributed by atoms with Crippen molar-refractivity contribution in [3.05, 3.63) is 62.5 Å². The monoisotopic (exact) mass is 447 g/mol. The highest BCUT2D eigenvalue weighted by atomic mass is 35.5. The van der Waals surface area contributed by atoms with Crippen molar-refractivity contribution in [2.24, 2.45) is 0 Å². The number of rotatable bonds is 2. The molecule has 3 aromatic heterocycles. The number of benzene rings is 1. The van der Waals surface area contributed by atoms with Gasteiger partial charge in [-0.1, -0.05) is 46.9 Å². The van der Waals surface area contributed by atoms with Crippen LogP contribution in [-0.4, -0.2) is 14.6 Å². The Kier molecular flexibility index (Phi) is 4.58. The SMILES string of the molecule is FC(F)(F)c1cc(-c2cccs2)nc2c(Cl)c(-c3ccc(Cl)c(Cl)c3)nn12. The molecule has 0 saturated heterocycles. The summed E-state index contributed by atoms with van der Waals surface area (Å²) in [6.07, 6.45) is -4.64. The van der Waals surface area contributed by atoms with Gasteiger partial charge in [0.15, 0.2) is 11.3 Å². The third-order valence-corrected chi connectivity index (χ3v) is 5.77. The first-order valence-corrected chi connectivity index (χ1v) is 9.43. The van der Waals surface area contributed by atoms with Crippen molar-refractivity contribution in [2.75, 3.05) is 0 Å². The zero-order valence-electron chi connectivity index (χ0n) is 13.1. The summed E-state index contributed by atoms with van der Waals surface area (Å²) in [6.45, 7) is 0. The summed E-state index contributed by atoms with van der Waals surface area (Å²) >= 11 is 19.5. The highest BCUT2D eigenvalue weighted by Crippen LogP contribution is 2.38. The van der Waals surface area contributed by atoms with Crippen LogP contribution < -0.4 is 0 Å². The lowest BCUT2D eigenvalue weighted by Crippen LogP contribution is -2.13. The molecule has 4 aromatic rings. The third kappa shape index (κ3) is 3.29. The van der Waals surface area contributed by atoms with Crippen LogP contribution in [0.15, 0.2) is 41.8 Å². The van der Waals surface area contributed by atoms with E-state index in [0.29, 0.717) is 20.0 Å². The number of halogens is 6. The van der Waals surface area contributed by atoms with Crippen molar-refractivity contribution >= 4 is 51.8 Å². The van der Waals surface area contributed by atoms with Crippen LogP contribution in [0.25, 0.3) is 27.5 Å². The van der Waals surface area contributed by atoms with Crippen molar-refractivity contribution in [3.8, 4) is 21.8 Å². The fraction of sp³-hybridized carbons (Fsp3) is 0.0588. The van der Waals surface area contributed by atoms with Gasteiger partial charge < -0.3 is 0 Å². The van der Waals surface area contributed by atoms with E-state index in [2.05, 4.69) is 10.1 Å². The van der Waals surface area contributed by atoms with Gasteiger partial charge in [0.2, 0.25) is 0 Å². The highest BCUT2D eigenvalue weighted by molar-refractivity contribution is 7.13. The van der Waals surface area contributed by atoms with E-state index in [1.54, 1.807) is 23.6 Å². The zero-order chi connectivity index (χ0) is 19.3. The Hall–Kier alpha value is -1.80. The summed E-state index contributed by atoms with van der Waals surface area (Å²) in [7, 11) is 0. The van der Waals surface area contributed by atoms with E-state index in [-0.39, 0.29) is 27.1 Å². The number of aromatic nitrogens is 3. The van der Waals surface area contributed by atoms with E-state index < -0.39 is 11.9 Å². The Morgan fingerprint density at radius 3 is 2.41 bits per heavy atom. The molecule has 0 N–H and O–H groups in total. The van der Waals surface area contributed by atoms with Crippen LogP contribution in [0.3, 0.4) is 0 Å². The largest absolute Gasteiger partial charge is 0.433 e. The van der Waals surface area contributed by atoms with E-state index in [9.17, 15) is 13.2 Å². The molecule has 0 fully saturated rings. The van der Waals surface area contributed by atoms with Crippen molar-refractivity contribution in [3.63, 3.8) is 0 Å². The lowest BCUT2D eigenvalue weighted by Gasteiger charge is -2.10. The summed E-state index contributed by atoms with van der Waals surface area (Å²) in [6, 6.07) is 8.97. The molecule has 0 atom stereocenters. The van der Waals surface area contributed by atoms with Crippen molar-refractivity contribution in [1.82, 2.24) is 14.6 Å². The molecule has 3 nitrogen and oxygen atoms in total. The second-order valence-corrected chi connectivity index (χ2v) is 7.67. The fourth-order valence-electron chi connectivity index (χ4n) is 2.57. The van der Waals surface area contributed by atoms with Crippen LogP contribution in [0.4, 0.5) is 13.2 Å². The van der Waals surface area contributed by atoms with Gasteiger partial charge in [-0.3, -0.25) is 0 Å². The Bertz CT molecular complexity index is 1150.